The Kier molecular flexibility index (Phi) is 4.74. The van der Waals surface area contributed by atoms with Gasteiger partial charge in [-0.15, -0.1) is 10.2 Å². The molecule has 0 spiro atoms. The van der Waals surface area contributed by atoms with Crippen LogP contribution in [0.4, 0.5) is 0 Å². The van der Waals surface area contributed by atoms with E-state index in [0.29, 0.717) is 33.6 Å². The number of oxazole rings is 1. The molecule has 0 atom stereocenters. The summed E-state index contributed by atoms with van der Waals surface area (Å²) in [5.41, 5.74) is 6.73. The van der Waals surface area contributed by atoms with E-state index in [2.05, 4.69) is 21.2 Å². The van der Waals surface area contributed by atoms with Crippen molar-refractivity contribution in [1.29, 1.82) is 0 Å². The molecule has 0 radical (unpaired) electrons. The number of fused-ring (bicyclic) bond motifs is 1. The van der Waals surface area contributed by atoms with Crippen LogP contribution in [0.3, 0.4) is 0 Å². The first-order valence-corrected chi connectivity index (χ1v) is 11.1. The Hall–Kier alpha value is -3.55. The fourth-order valence-corrected chi connectivity index (χ4v) is 4.24. The lowest BCUT2D eigenvalue weighted by molar-refractivity contribution is 0.282. The van der Waals surface area contributed by atoms with E-state index < -0.39 is 0 Å². The van der Waals surface area contributed by atoms with E-state index in [1.54, 1.807) is 6.33 Å². The monoisotopic (exact) mass is 457 g/mol. The summed E-state index contributed by atoms with van der Waals surface area (Å²) in [5, 5.41) is 18.4. The molecule has 1 N–H and O–H groups in total. The molecule has 3 aromatic heterocycles. The Morgan fingerprint density at radius 3 is 2.70 bits per heavy atom. The van der Waals surface area contributed by atoms with Gasteiger partial charge in [0.05, 0.1) is 6.61 Å². The first-order valence-electron chi connectivity index (χ1n) is 10.8. The molecule has 7 nitrogen and oxygen atoms in total. The molecule has 6 rings (SSSR count). The van der Waals surface area contributed by atoms with Crippen molar-refractivity contribution in [1.82, 2.24) is 24.7 Å². The summed E-state index contributed by atoms with van der Waals surface area (Å²) in [5.74, 6) is 1.63. The maximum atomic E-state index is 9.44. The Morgan fingerprint density at radius 1 is 1.06 bits per heavy atom. The van der Waals surface area contributed by atoms with Crippen LogP contribution in [0.2, 0.25) is 5.02 Å². The first kappa shape index (κ1) is 20.1. The van der Waals surface area contributed by atoms with Gasteiger partial charge in [0.15, 0.2) is 11.4 Å². The third kappa shape index (κ3) is 3.69. The minimum atomic E-state index is -0.0426. The lowest BCUT2D eigenvalue weighted by atomic mass is 9.97. The highest BCUT2D eigenvalue weighted by molar-refractivity contribution is 6.31. The summed E-state index contributed by atoms with van der Waals surface area (Å²) in [7, 11) is 1.91. The third-order valence-electron chi connectivity index (χ3n) is 5.94. The first-order chi connectivity index (χ1) is 16.1. The Balaban J connectivity index is 1.53. The highest BCUT2D eigenvalue weighted by Gasteiger charge is 2.27. The van der Waals surface area contributed by atoms with E-state index in [4.69, 9.17) is 21.0 Å². The van der Waals surface area contributed by atoms with Crippen LogP contribution < -0.4 is 0 Å². The molecule has 1 aliphatic rings. The number of hydrogen-bond acceptors (Lipinski definition) is 6. The van der Waals surface area contributed by atoms with Gasteiger partial charge in [-0.3, -0.25) is 0 Å². The van der Waals surface area contributed by atoms with E-state index in [0.717, 1.165) is 46.6 Å². The molecule has 0 amide bonds. The summed E-state index contributed by atoms with van der Waals surface area (Å²) >= 11 is 6.35. The van der Waals surface area contributed by atoms with Crippen molar-refractivity contribution in [3.63, 3.8) is 0 Å². The quantitative estimate of drug-likeness (QED) is 0.381. The molecule has 8 heteroatoms. The zero-order chi connectivity index (χ0) is 22.5. The average molecular weight is 458 g/mol. The number of rotatable bonds is 5. The smallest absolute Gasteiger partial charge is 0.246 e. The van der Waals surface area contributed by atoms with Crippen LogP contribution in [-0.4, -0.2) is 29.8 Å². The summed E-state index contributed by atoms with van der Waals surface area (Å²) in [6.45, 7) is -0.0426. The largest absolute Gasteiger partial charge is 0.435 e. The second-order valence-corrected chi connectivity index (χ2v) is 8.81. The van der Waals surface area contributed by atoms with Gasteiger partial charge in [-0.1, -0.05) is 23.7 Å². The minimum Gasteiger partial charge on any atom is -0.435 e. The Bertz CT molecular complexity index is 1500. The normalized spacial score (nSPS) is 13.7. The van der Waals surface area contributed by atoms with Gasteiger partial charge >= 0.3 is 0 Å². The fraction of sp³-hybridized carbons (Fsp3) is 0.200. The van der Waals surface area contributed by atoms with Gasteiger partial charge in [0.25, 0.3) is 0 Å². The second kappa shape index (κ2) is 7.79. The maximum absolute atomic E-state index is 9.44. The van der Waals surface area contributed by atoms with E-state index >= 15 is 0 Å². The summed E-state index contributed by atoms with van der Waals surface area (Å²) < 4.78 is 7.91. The number of halogens is 1. The van der Waals surface area contributed by atoms with Gasteiger partial charge in [0.2, 0.25) is 5.89 Å². The number of benzene rings is 2. The molecule has 0 saturated heterocycles. The zero-order valence-electron chi connectivity index (χ0n) is 17.9. The van der Waals surface area contributed by atoms with Crippen molar-refractivity contribution in [3.8, 4) is 34.1 Å². The lowest BCUT2D eigenvalue weighted by Crippen LogP contribution is -1.97. The van der Waals surface area contributed by atoms with E-state index in [1.807, 2.05) is 54.1 Å². The van der Waals surface area contributed by atoms with Crippen molar-refractivity contribution in [2.45, 2.75) is 25.4 Å². The molecule has 0 bridgehead atoms. The van der Waals surface area contributed by atoms with Crippen molar-refractivity contribution in [2.24, 2.45) is 7.05 Å². The summed E-state index contributed by atoms with van der Waals surface area (Å²) in [4.78, 5) is 9.55. The van der Waals surface area contributed by atoms with Gasteiger partial charge in [0, 0.05) is 29.2 Å². The van der Waals surface area contributed by atoms with Crippen LogP contribution in [0.1, 0.15) is 30.0 Å². The molecule has 0 aliphatic heterocycles. The SMILES string of the molecule is Cn1cnnc1-c1cc(Cl)ccc1-c1cc(-c2nc3cc(CO)ccc3o2)nc(C2CC2)c1. The van der Waals surface area contributed by atoms with Crippen LogP contribution in [0.25, 0.3) is 45.2 Å². The topological polar surface area (TPSA) is 89.9 Å². The Morgan fingerprint density at radius 2 is 1.94 bits per heavy atom. The number of aliphatic hydroxyl groups is 1. The highest BCUT2D eigenvalue weighted by Crippen LogP contribution is 2.42. The van der Waals surface area contributed by atoms with E-state index in [-0.39, 0.29) is 6.61 Å². The molecule has 0 unspecified atom stereocenters. The fourth-order valence-electron chi connectivity index (χ4n) is 4.07. The summed E-state index contributed by atoms with van der Waals surface area (Å²) in [6.07, 6.45) is 3.92. The van der Waals surface area contributed by atoms with Crippen molar-refractivity contribution < 1.29 is 9.52 Å². The van der Waals surface area contributed by atoms with Gasteiger partial charge < -0.3 is 14.1 Å². The van der Waals surface area contributed by atoms with E-state index in [9.17, 15) is 5.11 Å². The average Bonchev–Trinajstić information content (AvgIpc) is 3.46. The molecule has 2 aromatic carbocycles. The molecular weight excluding hydrogens is 438 g/mol. The maximum Gasteiger partial charge on any atom is 0.246 e. The van der Waals surface area contributed by atoms with Gasteiger partial charge in [-0.05, 0) is 65.9 Å². The predicted octanol–water partition coefficient (Wildman–Crippen LogP) is 5.38. The third-order valence-corrected chi connectivity index (χ3v) is 6.17. The zero-order valence-corrected chi connectivity index (χ0v) is 18.6. The van der Waals surface area contributed by atoms with Gasteiger partial charge in [-0.2, -0.15) is 0 Å². The van der Waals surface area contributed by atoms with Crippen LogP contribution in [0.15, 0.2) is 59.3 Å². The standard InChI is InChI=1S/C25H20ClN5O2/c1-31-13-27-30-24(31)19-11-17(26)5-6-18(19)16-9-20(15-3-4-15)28-22(10-16)25-29-21-8-14(12-32)2-7-23(21)33-25/h2,5-11,13,15,32H,3-4,12H2,1H3. The molecule has 1 saturated carbocycles. The van der Waals surface area contributed by atoms with Crippen molar-refractivity contribution in [2.75, 3.05) is 0 Å². The van der Waals surface area contributed by atoms with Crippen LogP contribution in [0.5, 0.6) is 0 Å². The molecule has 3 heterocycles. The summed E-state index contributed by atoms with van der Waals surface area (Å²) in [6, 6.07) is 15.4. The molecule has 5 aromatic rings. The van der Waals surface area contributed by atoms with Crippen LogP contribution >= 0.6 is 11.6 Å². The van der Waals surface area contributed by atoms with Gasteiger partial charge in [0.1, 0.15) is 17.5 Å². The van der Waals surface area contributed by atoms with Gasteiger partial charge in [-0.25, -0.2) is 9.97 Å². The van der Waals surface area contributed by atoms with E-state index in [1.165, 1.54) is 0 Å². The molecular formula is C25H20ClN5O2. The number of pyridine rings is 1. The molecule has 164 valence electrons. The van der Waals surface area contributed by atoms with Crippen molar-refractivity contribution >= 4 is 22.7 Å². The number of aromatic nitrogens is 5. The Labute approximate surface area is 194 Å². The predicted molar refractivity (Wildman–Crippen MR) is 126 cm³/mol. The number of hydrogen-bond donors (Lipinski definition) is 1. The highest BCUT2D eigenvalue weighted by atomic mass is 35.5. The molecule has 1 aliphatic carbocycles. The minimum absolute atomic E-state index is 0.0426. The lowest BCUT2D eigenvalue weighted by Gasteiger charge is -2.12. The second-order valence-electron chi connectivity index (χ2n) is 8.37. The van der Waals surface area contributed by atoms with Crippen molar-refractivity contribution in [3.05, 3.63) is 71.1 Å². The number of nitrogens with zero attached hydrogens (tertiary/aromatic N) is 5. The molecule has 1 fully saturated rings. The number of aryl methyl sites for hydroxylation is 1. The molecule has 33 heavy (non-hydrogen) atoms. The van der Waals surface area contributed by atoms with Crippen LogP contribution in [0, 0.1) is 0 Å². The number of aliphatic hydroxyl groups excluding tert-OH is 1. The van der Waals surface area contributed by atoms with Crippen LogP contribution in [-0.2, 0) is 13.7 Å².